The minimum atomic E-state index is -0.732. The lowest BCUT2D eigenvalue weighted by Crippen LogP contribution is -2.53. The second-order valence-corrected chi connectivity index (χ2v) is 6.85. The van der Waals surface area contributed by atoms with Crippen molar-refractivity contribution in [2.75, 3.05) is 31.6 Å². The number of carbonyl (C=O) groups is 1. The van der Waals surface area contributed by atoms with Crippen molar-refractivity contribution in [1.82, 2.24) is 10.1 Å². The molecule has 7 heteroatoms. The number of rotatable bonds is 4. The first kappa shape index (κ1) is 16.4. The average Bonchev–Trinajstić information content (AvgIpc) is 3.08. The Labute approximate surface area is 136 Å². The van der Waals surface area contributed by atoms with Crippen molar-refractivity contribution in [2.24, 2.45) is 5.92 Å². The second-order valence-electron chi connectivity index (χ2n) is 6.85. The summed E-state index contributed by atoms with van der Waals surface area (Å²) in [4.78, 5) is 14.4. The minimum absolute atomic E-state index is 0.0408. The largest absolute Gasteiger partial charge is 0.390 e. The molecular weight excluding hydrogens is 298 g/mol. The number of ether oxygens (including phenoxy) is 1. The number of aromatic nitrogens is 1. The predicted octanol–water partition coefficient (Wildman–Crippen LogP) is 1.17. The molecule has 1 aromatic rings. The van der Waals surface area contributed by atoms with E-state index in [0.717, 1.165) is 25.1 Å². The van der Waals surface area contributed by atoms with Gasteiger partial charge < -0.3 is 14.4 Å². The van der Waals surface area contributed by atoms with Crippen LogP contribution < -0.4 is 5.32 Å². The normalized spacial score (nSPS) is 32.1. The third-order valence-electron chi connectivity index (χ3n) is 4.96. The standard InChI is InChI=1S/C16H25N3O4/c1-11-8-15(23-18-11)17-14(20)9-19-6-3-4-13(19)12-10-22-7-5-16(12,2)21/h8,12-13,21H,3-7,9-10H2,1-2H3,(H,17,20)/t12-,13+,16-/m0/s1. The molecular formula is C16H25N3O4. The van der Waals surface area contributed by atoms with Gasteiger partial charge in [-0.05, 0) is 39.7 Å². The Hall–Kier alpha value is -1.44. The number of hydrogen-bond acceptors (Lipinski definition) is 6. The van der Waals surface area contributed by atoms with Gasteiger partial charge in [0.25, 0.3) is 0 Å². The Morgan fingerprint density at radius 3 is 3.13 bits per heavy atom. The molecule has 0 aliphatic carbocycles. The maximum Gasteiger partial charge on any atom is 0.240 e. The van der Waals surface area contributed by atoms with Crippen LogP contribution >= 0.6 is 0 Å². The number of aliphatic hydroxyl groups is 1. The van der Waals surface area contributed by atoms with Crippen molar-refractivity contribution >= 4 is 11.8 Å². The topological polar surface area (TPSA) is 87.8 Å². The van der Waals surface area contributed by atoms with Crippen LogP contribution in [0.5, 0.6) is 0 Å². The van der Waals surface area contributed by atoms with Crippen LogP contribution in [-0.4, -0.2) is 59.0 Å². The molecule has 7 nitrogen and oxygen atoms in total. The summed E-state index contributed by atoms with van der Waals surface area (Å²) in [7, 11) is 0. The predicted molar refractivity (Wildman–Crippen MR) is 84.0 cm³/mol. The van der Waals surface area contributed by atoms with Gasteiger partial charge in [0.1, 0.15) is 0 Å². The van der Waals surface area contributed by atoms with Gasteiger partial charge in [0.15, 0.2) is 0 Å². The van der Waals surface area contributed by atoms with Gasteiger partial charge >= 0.3 is 0 Å². The number of nitrogens with one attached hydrogen (secondary N) is 1. The van der Waals surface area contributed by atoms with Gasteiger partial charge in [-0.15, -0.1) is 0 Å². The zero-order valence-corrected chi connectivity index (χ0v) is 13.7. The molecule has 3 rings (SSSR count). The van der Waals surface area contributed by atoms with Gasteiger partial charge in [0, 0.05) is 24.6 Å². The number of aryl methyl sites for hydroxylation is 1. The zero-order chi connectivity index (χ0) is 16.4. The van der Waals surface area contributed by atoms with E-state index in [1.807, 2.05) is 6.92 Å². The second kappa shape index (κ2) is 6.59. The molecule has 0 unspecified atom stereocenters. The minimum Gasteiger partial charge on any atom is -0.390 e. The average molecular weight is 323 g/mol. The molecule has 23 heavy (non-hydrogen) atoms. The Morgan fingerprint density at radius 1 is 1.61 bits per heavy atom. The molecule has 1 aromatic heterocycles. The van der Waals surface area contributed by atoms with E-state index >= 15 is 0 Å². The quantitative estimate of drug-likeness (QED) is 0.865. The maximum absolute atomic E-state index is 12.2. The van der Waals surface area contributed by atoms with Gasteiger partial charge in [-0.1, -0.05) is 5.16 Å². The molecule has 0 bridgehead atoms. The van der Waals surface area contributed by atoms with E-state index in [2.05, 4.69) is 15.4 Å². The van der Waals surface area contributed by atoms with Gasteiger partial charge in [-0.2, -0.15) is 0 Å². The first-order valence-electron chi connectivity index (χ1n) is 8.23. The maximum atomic E-state index is 12.2. The van der Waals surface area contributed by atoms with Crippen molar-refractivity contribution in [1.29, 1.82) is 0 Å². The fourth-order valence-electron chi connectivity index (χ4n) is 3.67. The highest BCUT2D eigenvalue weighted by Crippen LogP contribution is 2.35. The number of likely N-dealkylation sites (tertiary alicyclic amines) is 1. The summed E-state index contributed by atoms with van der Waals surface area (Å²) in [5, 5.41) is 17.1. The van der Waals surface area contributed by atoms with Crippen LogP contribution in [0.2, 0.25) is 0 Å². The van der Waals surface area contributed by atoms with E-state index in [0.29, 0.717) is 25.5 Å². The van der Waals surface area contributed by atoms with E-state index in [4.69, 9.17) is 9.26 Å². The summed E-state index contributed by atoms with van der Waals surface area (Å²) in [5.41, 5.74) is -0.000866. The van der Waals surface area contributed by atoms with Crippen LogP contribution in [-0.2, 0) is 9.53 Å². The third-order valence-corrected chi connectivity index (χ3v) is 4.96. The molecule has 1 amide bonds. The lowest BCUT2D eigenvalue weighted by molar-refractivity contribution is -0.129. The molecule has 2 aliphatic heterocycles. The Morgan fingerprint density at radius 2 is 2.43 bits per heavy atom. The third kappa shape index (κ3) is 3.73. The van der Waals surface area contributed by atoms with Gasteiger partial charge in [-0.3, -0.25) is 15.0 Å². The van der Waals surface area contributed by atoms with E-state index in [1.54, 1.807) is 13.0 Å². The van der Waals surface area contributed by atoms with Gasteiger partial charge in [-0.25, -0.2) is 0 Å². The number of nitrogens with zero attached hydrogens (tertiary/aromatic N) is 2. The van der Waals surface area contributed by atoms with E-state index in [9.17, 15) is 9.90 Å². The van der Waals surface area contributed by atoms with Crippen molar-refractivity contribution in [3.8, 4) is 0 Å². The van der Waals surface area contributed by atoms with Crippen LogP contribution in [0.4, 0.5) is 5.88 Å². The summed E-state index contributed by atoms with van der Waals surface area (Å²) in [6.45, 7) is 5.99. The molecule has 2 N–H and O–H groups in total. The van der Waals surface area contributed by atoms with Crippen LogP contribution in [0.3, 0.4) is 0 Å². The van der Waals surface area contributed by atoms with Crippen LogP contribution in [0.1, 0.15) is 31.9 Å². The number of hydrogen-bond donors (Lipinski definition) is 2. The molecule has 3 heterocycles. The van der Waals surface area contributed by atoms with Crippen LogP contribution in [0, 0.1) is 12.8 Å². The first-order chi connectivity index (χ1) is 11.0. The van der Waals surface area contributed by atoms with E-state index < -0.39 is 5.60 Å². The fraction of sp³-hybridized carbons (Fsp3) is 0.750. The smallest absolute Gasteiger partial charge is 0.240 e. The lowest BCUT2D eigenvalue weighted by Gasteiger charge is -2.43. The molecule has 0 aromatic carbocycles. The monoisotopic (exact) mass is 323 g/mol. The molecule has 2 aliphatic rings. The summed E-state index contributed by atoms with van der Waals surface area (Å²) in [6.07, 6.45) is 2.66. The highest BCUT2D eigenvalue weighted by molar-refractivity contribution is 5.91. The SMILES string of the molecule is Cc1cc(NC(=O)CN2CCC[C@@H]2[C@@H]2COCC[C@]2(C)O)on1. The first-order valence-corrected chi connectivity index (χ1v) is 8.23. The molecule has 3 atom stereocenters. The van der Waals surface area contributed by atoms with Crippen LogP contribution in [0.15, 0.2) is 10.6 Å². The van der Waals surface area contributed by atoms with Crippen LogP contribution in [0.25, 0.3) is 0 Å². The summed E-state index contributed by atoms with van der Waals surface area (Å²) < 4.78 is 10.6. The molecule has 2 fully saturated rings. The highest BCUT2D eigenvalue weighted by Gasteiger charge is 2.44. The summed E-state index contributed by atoms with van der Waals surface area (Å²) in [5.74, 6) is 0.291. The van der Waals surface area contributed by atoms with E-state index in [1.165, 1.54) is 0 Å². The highest BCUT2D eigenvalue weighted by atomic mass is 16.5. The van der Waals surface area contributed by atoms with Gasteiger partial charge in [0.2, 0.25) is 11.8 Å². The summed E-state index contributed by atoms with van der Waals surface area (Å²) in [6, 6.07) is 1.87. The molecule has 0 saturated carbocycles. The van der Waals surface area contributed by atoms with E-state index in [-0.39, 0.29) is 24.4 Å². The Kier molecular flexibility index (Phi) is 4.70. The molecule has 2 saturated heterocycles. The van der Waals surface area contributed by atoms with Crippen molar-refractivity contribution in [3.63, 3.8) is 0 Å². The Bertz CT molecular complexity index is 557. The van der Waals surface area contributed by atoms with Crippen molar-refractivity contribution in [2.45, 2.75) is 44.8 Å². The number of anilines is 1. The number of amides is 1. The zero-order valence-electron chi connectivity index (χ0n) is 13.7. The molecule has 0 radical (unpaired) electrons. The lowest BCUT2D eigenvalue weighted by atomic mass is 9.79. The van der Waals surface area contributed by atoms with Crippen molar-refractivity contribution in [3.05, 3.63) is 11.8 Å². The molecule has 128 valence electrons. The Balaban J connectivity index is 1.61. The van der Waals surface area contributed by atoms with Gasteiger partial charge in [0.05, 0.1) is 24.4 Å². The van der Waals surface area contributed by atoms with Crippen molar-refractivity contribution < 1.29 is 19.2 Å². The summed E-state index contributed by atoms with van der Waals surface area (Å²) >= 11 is 0. The number of carbonyl (C=O) groups excluding carboxylic acids is 1. The fourth-order valence-corrected chi connectivity index (χ4v) is 3.67. The molecule has 0 spiro atoms.